The number of rotatable bonds is 19. The van der Waals surface area contributed by atoms with Gasteiger partial charge in [0.2, 0.25) is 0 Å². The number of carbonyl (C=O) groups excluding carboxylic acids is 1. The molecular weight excluding hydrogens is 1110 g/mol. The third kappa shape index (κ3) is 9.10. The second-order valence-corrected chi connectivity index (χ2v) is 15.1. The van der Waals surface area contributed by atoms with Crippen molar-refractivity contribution in [1.82, 2.24) is 0 Å². The fraction of sp³-hybridized carbons (Fsp3) is 0.500. The molecule has 0 amide bonds. The van der Waals surface area contributed by atoms with E-state index in [1.165, 1.54) is 0 Å². The smallest absolute Gasteiger partial charge is 0.450 e. The molecule has 0 heterocycles. The van der Waals surface area contributed by atoms with E-state index in [1.807, 2.05) is 0 Å². The van der Waals surface area contributed by atoms with Crippen LogP contribution in [0, 0.1) is 11.7 Å². The molecule has 73 heavy (non-hydrogen) atoms. The number of halogens is 31. The number of aliphatic hydroxyl groups excluding tert-OH is 2. The Hall–Kier alpha value is -5.12. The Balaban J connectivity index is 2.45. The fourth-order valence-corrected chi connectivity index (χ4v) is 6.11. The zero-order valence-corrected chi connectivity index (χ0v) is 34.2. The summed E-state index contributed by atoms with van der Waals surface area (Å²) >= 11 is 0. The van der Waals surface area contributed by atoms with E-state index in [9.17, 15) is 116 Å². The summed E-state index contributed by atoms with van der Waals surface area (Å²) in [6.07, 6.45) is -29.5. The zero-order valence-electron chi connectivity index (χ0n) is 34.2. The molecule has 0 aliphatic rings. The molecule has 3 aromatic rings. The molecule has 0 fully saturated rings. The van der Waals surface area contributed by atoms with Gasteiger partial charge in [0, 0.05) is 11.1 Å². The molecule has 0 saturated carbocycles. The van der Waals surface area contributed by atoms with E-state index < -0.39 is 159 Å². The van der Waals surface area contributed by atoms with Crippen LogP contribution in [0.25, 0.3) is 11.1 Å². The van der Waals surface area contributed by atoms with Crippen LogP contribution < -0.4 is 0 Å². The van der Waals surface area contributed by atoms with E-state index in [0.717, 1.165) is 12.1 Å². The van der Waals surface area contributed by atoms with Gasteiger partial charge >= 0.3 is 89.4 Å². The molecule has 3 rings (SSSR count). The SMILES string of the molecule is C[C@@H](C(=O)O[C@H](c1ccccc1-c1ccccc1[C@@H](O)C(F)(F)C(F)(F)C(F)(F)C(F)(F)C(F)(F)C(F)(F)C(F)(F)F)C(F)(F)C(F)(F)C(F)(F)C(F)(F)C(F)(F)C(F)(F)C(F)(F)F)[C@@H](O)c1ccccc1F. The van der Waals surface area contributed by atoms with Crippen molar-refractivity contribution in [2.24, 2.45) is 5.92 Å². The van der Waals surface area contributed by atoms with Gasteiger partial charge in [0.15, 0.2) is 6.10 Å². The Morgan fingerprint density at radius 1 is 0.397 bits per heavy atom. The Bertz CT molecular complexity index is 2460. The van der Waals surface area contributed by atoms with Gasteiger partial charge in [-0.05, 0) is 29.7 Å². The van der Waals surface area contributed by atoms with Gasteiger partial charge in [-0.2, -0.15) is 132 Å². The van der Waals surface area contributed by atoms with Crippen molar-refractivity contribution in [1.29, 1.82) is 0 Å². The summed E-state index contributed by atoms with van der Waals surface area (Å²) in [5.74, 6) is -111. The van der Waals surface area contributed by atoms with Gasteiger partial charge in [-0.25, -0.2) is 4.39 Å². The number of alkyl halides is 30. The van der Waals surface area contributed by atoms with Crippen molar-refractivity contribution in [2.45, 2.75) is 109 Å². The van der Waals surface area contributed by atoms with Crippen molar-refractivity contribution < 1.29 is 156 Å². The molecular formula is C38H21F31O4. The lowest BCUT2D eigenvalue weighted by atomic mass is 9.83. The highest BCUT2D eigenvalue weighted by Gasteiger charge is 2.95. The summed E-state index contributed by atoms with van der Waals surface area (Å²) in [4.78, 5) is 13.2. The monoisotopic (exact) mass is 1130 g/mol. The fourth-order valence-electron chi connectivity index (χ4n) is 6.11. The van der Waals surface area contributed by atoms with Crippen LogP contribution in [0.3, 0.4) is 0 Å². The highest BCUT2D eigenvalue weighted by atomic mass is 19.4. The zero-order chi connectivity index (χ0) is 57.5. The van der Waals surface area contributed by atoms with Gasteiger partial charge in [0.05, 0.1) is 12.0 Å². The van der Waals surface area contributed by atoms with Crippen LogP contribution in [0.4, 0.5) is 136 Å². The van der Waals surface area contributed by atoms with E-state index in [0.29, 0.717) is 12.1 Å². The first-order chi connectivity index (χ1) is 32.2. The predicted octanol–water partition coefficient (Wildman–Crippen LogP) is 14.2. The summed E-state index contributed by atoms with van der Waals surface area (Å²) in [7, 11) is 0. The third-order valence-corrected chi connectivity index (χ3v) is 10.5. The lowest BCUT2D eigenvalue weighted by Crippen LogP contribution is -2.73. The van der Waals surface area contributed by atoms with Crippen molar-refractivity contribution >= 4 is 5.97 Å². The van der Waals surface area contributed by atoms with Crippen molar-refractivity contribution in [3.63, 3.8) is 0 Å². The molecule has 2 N–H and O–H groups in total. The first kappa shape index (κ1) is 62.2. The van der Waals surface area contributed by atoms with E-state index in [4.69, 9.17) is 0 Å². The third-order valence-electron chi connectivity index (χ3n) is 10.5. The Labute approximate surface area is 383 Å². The molecule has 0 radical (unpaired) electrons. The molecule has 3 aromatic carbocycles. The number of hydrogen-bond acceptors (Lipinski definition) is 4. The average molecular weight is 1130 g/mol. The minimum absolute atomic E-state index is 0.0810. The van der Waals surface area contributed by atoms with Gasteiger partial charge in [-0.15, -0.1) is 0 Å². The van der Waals surface area contributed by atoms with Gasteiger partial charge < -0.3 is 14.9 Å². The summed E-state index contributed by atoms with van der Waals surface area (Å²) in [5, 5.41) is 20.9. The summed E-state index contributed by atoms with van der Waals surface area (Å²) in [6, 6.07) is 2.21. The van der Waals surface area contributed by atoms with Crippen LogP contribution in [0.15, 0.2) is 72.8 Å². The van der Waals surface area contributed by atoms with Crippen LogP contribution in [0.2, 0.25) is 0 Å². The second-order valence-electron chi connectivity index (χ2n) is 15.1. The largest absolute Gasteiger partial charge is 0.460 e. The molecule has 4 nitrogen and oxygen atoms in total. The number of ether oxygens (including phenoxy) is 1. The summed E-state index contributed by atoms with van der Waals surface area (Å²) in [6.45, 7) is 0.217. The van der Waals surface area contributed by atoms with Gasteiger partial charge in [0.25, 0.3) is 0 Å². The van der Waals surface area contributed by atoms with Crippen LogP contribution in [-0.4, -0.2) is 99.6 Å². The maximum absolute atomic E-state index is 16.3. The van der Waals surface area contributed by atoms with E-state index in [1.54, 1.807) is 0 Å². The number of aliphatic hydroxyl groups is 2. The highest BCUT2D eigenvalue weighted by molar-refractivity contribution is 5.76. The molecule has 0 aromatic heterocycles. The van der Waals surface area contributed by atoms with Gasteiger partial charge in [-0.1, -0.05) is 66.7 Å². The minimum Gasteiger partial charge on any atom is -0.450 e. The predicted molar refractivity (Wildman–Crippen MR) is 178 cm³/mol. The number of hydrogen-bond donors (Lipinski definition) is 2. The number of esters is 1. The molecule has 0 bridgehead atoms. The topological polar surface area (TPSA) is 66.8 Å². The molecule has 0 aliphatic heterocycles. The molecule has 0 spiro atoms. The summed E-state index contributed by atoms with van der Waals surface area (Å²) < 4.78 is 445. The molecule has 0 unspecified atom stereocenters. The Kier molecular flexibility index (Phi) is 15.9. The Morgan fingerprint density at radius 2 is 0.685 bits per heavy atom. The number of benzene rings is 3. The maximum Gasteiger partial charge on any atom is 0.460 e. The molecule has 0 aliphatic carbocycles. The molecule has 0 saturated heterocycles. The van der Waals surface area contributed by atoms with Crippen molar-refractivity contribution in [3.05, 3.63) is 95.3 Å². The number of carbonyl (C=O) groups is 1. The van der Waals surface area contributed by atoms with Crippen LogP contribution in [-0.2, 0) is 9.53 Å². The van der Waals surface area contributed by atoms with Gasteiger partial charge in [0.1, 0.15) is 11.9 Å². The first-order valence-electron chi connectivity index (χ1n) is 18.4. The molecule has 4 atom stereocenters. The normalized spacial score (nSPS) is 16.7. The van der Waals surface area contributed by atoms with Crippen LogP contribution >= 0.6 is 0 Å². The van der Waals surface area contributed by atoms with E-state index in [-0.39, 0.29) is 43.3 Å². The highest BCUT2D eigenvalue weighted by Crippen LogP contribution is 2.66. The molecule has 414 valence electrons. The standard InChI is InChI=1S/C38H21F31O4/c1-14(21(70)19-12-6-7-13-20(19)39)24(72)73-23(26(42,43)28(46,47)30(50,51)32(54,55)34(58,59)36(62,63)38(67,68)69)18-11-5-3-9-16(18)15-8-2-4-10-17(15)22(71)25(40,41)27(44,45)29(48,49)31(52,53)33(56,57)35(60,61)37(64,65)66/h2-14,21-23,70-71H,1H3/t14-,21-,22-,23-/m1/s1. The lowest BCUT2D eigenvalue weighted by molar-refractivity contribution is -0.456. The van der Waals surface area contributed by atoms with E-state index >= 15 is 35.1 Å². The Morgan fingerprint density at radius 3 is 1.05 bits per heavy atom. The van der Waals surface area contributed by atoms with Gasteiger partial charge in [-0.3, -0.25) is 4.79 Å². The second kappa shape index (κ2) is 18.6. The summed E-state index contributed by atoms with van der Waals surface area (Å²) in [5.41, 5.74) is -10.3. The maximum atomic E-state index is 16.3. The quantitative estimate of drug-likeness (QED) is 0.0927. The molecule has 35 heteroatoms. The van der Waals surface area contributed by atoms with E-state index in [2.05, 4.69) is 4.74 Å². The first-order valence-corrected chi connectivity index (χ1v) is 18.4. The van der Waals surface area contributed by atoms with Crippen molar-refractivity contribution in [2.75, 3.05) is 0 Å². The van der Waals surface area contributed by atoms with Crippen LogP contribution in [0.5, 0.6) is 0 Å². The minimum atomic E-state index is -9.08. The average Bonchev–Trinajstić information content (AvgIpc) is 3.25. The van der Waals surface area contributed by atoms with Crippen LogP contribution in [0.1, 0.15) is 41.9 Å². The lowest BCUT2D eigenvalue weighted by Gasteiger charge is -2.43. The van der Waals surface area contributed by atoms with Crippen molar-refractivity contribution in [3.8, 4) is 11.1 Å².